The molecule has 0 fully saturated rings. The highest BCUT2D eigenvalue weighted by Gasteiger charge is 2.16. The van der Waals surface area contributed by atoms with Crippen molar-refractivity contribution in [3.63, 3.8) is 0 Å². The molecule has 0 spiro atoms. The third-order valence-electron chi connectivity index (χ3n) is 5.79. The van der Waals surface area contributed by atoms with Crippen LogP contribution in [-0.4, -0.2) is 0 Å². The molecule has 0 atom stereocenters. The van der Waals surface area contributed by atoms with E-state index in [0.29, 0.717) is 0 Å². The predicted molar refractivity (Wildman–Crippen MR) is 142 cm³/mol. The quantitative estimate of drug-likeness (QED) is 0.237. The van der Waals surface area contributed by atoms with Crippen molar-refractivity contribution in [3.8, 4) is 23.7 Å². The lowest BCUT2D eigenvalue weighted by molar-refractivity contribution is 0.934. The van der Waals surface area contributed by atoms with Gasteiger partial charge in [-0.05, 0) is 64.8 Å². The minimum Gasteiger partial charge on any atom is -0.139 e. The lowest BCUT2D eigenvalue weighted by Crippen LogP contribution is -1.89. The summed E-state index contributed by atoms with van der Waals surface area (Å²) in [6.45, 7) is 8.64. The van der Waals surface area contributed by atoms with Crippen LogP contribution < -0.4 is 0 Å². The van der Waals surface area contributed by atoms with Crippen LogP contribution in [0.4, 0.5) is 0 Å². The van der Waals surface area contributed by atoms with E-state index in [-0.39, 0.29) is 0 Å². The van der Waals surface area contributed by atoms with E-state index in [1.54, 1.807) is 0 Å². The molecule has 156 valence electrons. The van der Waals surface area contributed by atoms with Gasteiger partial charge in [-0.15, -0.1) is 22.7 Å². The second-order valence-corrected chi connectivity index (χ2v) is 11.0. The van der Waals surface area contributed by atoms with Gasteiger partial charge in [-0.2, -0.15) is 0 Å². The summed E-state index contributed by atoms with van der Waals surface area (Å²) in [5, 5.41) is 2.48. The number of benzene rings is 2. The third-order valence-corrected chi connectivity index (χ3v) is 7.93. The zero-order valence-corrected chi connectivity index (χ0v) is 20.5. The number of hydrogen-bond donors (Lipinski definition) is 0. The lowest BCUT2D eigenvalue weighted by atomic mass is 9.98. The third kappa shape index (κ3) is 4.05. The van der Waals surface area contributed by atoms with Crippen molar-refractivity contribution in [1.82, 2.24) is 0 Å². The molecule has 0 nitrogen and oxygen atoms in total. The monoisotopic (exact) mass is 448 g/mol. The molecule has 5 rings (SSSR count). The Morgan fingerprint density at radius 3 is 1.81 bits per heavy atom. The van der Waals surface area contributed by atoms with Crippen LogP contribution in [0.2, 0.25) is 0 Å². The smallest absolute Gasteiger partial charge is 0.0521 e. The molecular weight excluding hydrogens is 424 g/mol. The van der Waals surface area contributed by atoms with E-state index in [2.05, 4.69) is 99.9 Å². The van der Waals surface area contributed by atoms with E-state index in [0.717, 1.165) is 29.5 Å². The van der Waals surface area contributed by atoms with Crippen molar-refractivity contribution in [1.29, 1.82) is 0 Å². The van der Waals surface area contributed by atoms with Crippen LogP contribution in [0.15, 0.2) is 59.7 Å². The molecule has 0 radical (unpaired) electrons. The van der Waals surface area contributed by atoms with Crippen molar-refractivity contribution in [2.45, 2.75) is 40.5 Å². The molecule has 0 saturated heterocycles. The first-order chi connectivity index (χ1) is 15.5. The van der Waals surface area contributed by atoms with Crippen LogP contribution in [0, 0.1) is 44.5 Å². The average Bonchev–Trinajstić information content (AvgIpc) is 3.35. The number of rotatable bonds is 0. The minimum atomic E-state index is 1.04. The fourth-order valence-corrected chi connectivity index (χ4v) is 6.09. The molecule has 2 aromatic carbocycles. The van der Waals surface area contributed by atoms with Gasteiger partial charge in [0.05, 0.1) is 20.5 Å². The van der Waals surface area contributed by atoms with Crippen molar-refractivity contribution in [3.05, 3.63) is 91.7 Å². The topological polar surface area (TPSA) is 0 Å². The first-order valence-corrected chi connectivity index (χ1v) is 12.5. The van der Waals surface area contributed by atoms with Crippen LogP contribution in [-0.2, 0) is 0 Å². The highest BCUT2D eigenvalue weighted by Crippen LogP contribution is 2.41. The van der Waals surface area contributed by atoms with Crippen LogP contribution in [0.25, 0.3) is 20.2 Å². The fraction of sp³-hybridized carbons (Fsp3) is 0.200. The molecule has 0 N–H and O–H groups in total. The number of aryl methyl sites for hydroxylation is 3. The zero-order valence-electron chi connectivity index (χ0n) is 18.8. The summed E-state index contributed by atoms with van der Waals surface area (Å²) in [6.07, 6.45) is 6.52. The maximum absolute atomic E-state index is 3.57. The molecule has 0 unspecified atom stereocenters. The Kier molecular flexibility index (Phi) is 5.52. The fourth-order valence-electron chi connectivity index (χ4n) is 4.02. The second-order valence-electron chi connectivity index (χ2n) is 8.52. The van der Waals surface area contributed by atoms with Crippen molar-refractivity contribution in [2.24, 2.45) is 0 Å². The Morgan fingerprint density at radius 2 is 1.25 bits per heavy atom. The largest absolute Gasteiger partial charge is 0.139 e. The highest BCUT2D eigenvalue weighted by atomic mass is 32.1. The van der Waals surface area contributed by atoms with Crippen molar-refractivity contribution < 1.29 is 0 Å². The molecular formula is C30H24S2. The van der Waals surface area contributed by atoms with Crippen LogP contribution in [0.1, 0.15) is 51.8 Å². The molecule has 1 aliphatic rings. The summed E-state index contributed by atoms with van der Waals surface area (Å²) in [6, 6.07) is 13.0. The summed E-state index contributed by atoms with van der Waals surface area (Å²) in [5.74, 6) is 14.0. The molecule has 0 aliphatic heterocycles. The van der Waals surface area contributed by atoms with Gasteiger partial charge in [0.25, 0.3) is 0 Å². The van der Waals surface area contributed by atoms with Crippen LogP contribution in [0.5, 0.6) is 0 Å². The normalized spacial score (nSPS) is 13.2. The Hall–Kier alpha value is -3.04. The van der Waals surface area contributed by atoms with Gasteiger partial charge in [-0.25, -0.2) is 0 Å². The minimum absolute atomic E-state index is 1.04. The van der Waals surface area contributed by atoms with Crippen LogP contribution >= 0.6 is 22.7 Å². The van der Waals surface area contributed by atoms with E-state index in [4.69, 9.17) is 0 Å². The van der Waals surface area contributed by atoms with Gasteiger partial charge in [-0.3, -0.25) is 0 Å². The Bertz CT molecular complexity index is 1480. The maximum Gasteiger partial charge on any atom is 0.0521 e. The molecule has 4 aromatic rings. The van der Waals surface area contributed by atoms with Gasteiger partial charge in [0, 0.05) is 31.7 Å². The predicted octanol–water partition coefficient (Wildman–Crippen LogP) is 8.46. The molecule has 0 saturated carbocycles. The van der Waals surface area contributed by atoms with Crippen molar-refractivity contribution >= 4 is 42.8 Å². The molecule has 2 heterocycles. The molecule has 0 bridgehead atoms. The standard InChI is InChI=1S/C30H24S2/c1-19-5-9-23(10-6-19)13-15-25-27-17-21(3)32-30(27)26(28-18-22(4)31-29(25)28)16-14-24-11-7-20(2)8-12-24/h5-7,9-11,17-18H,8,12H2,1-4H3. The van der Waals surface area contributed by atoms with Gasteiger partial charge < -0.3 is 0 Å². The second kappa shape index (κ2) is 8.48. The summed E-state index contributed by atoms with van der Waals surface area (Å²) >= 11 is 3.66. The highest BCUT2D eigenvalue weighted by molar-refractivity contribution is 7.21. The summed E-state index contributed by atoms with van der Waals surface area (Å²) < 4.78 is 2.52. The summed E-state index contributed by atoms with van der Waals surface area (Å²) in [7, 11) is 0. The zero-order chi connectivity index (χ0) is 22.2. The molecule has 2 heteroatoms. The van der Waals surface area contributed by atoms with Crippen molar-refractivity contribution in [2.75, 3.05) is 0 Å². The van der Waals surface area contributed by atoms with Gasteiger partial charge in [-0.1, -0.05) is 59.1 Å². The summed E-state index contributed by atoms with van der Waals surface area (Å²) in [4.78, 5) is 2.59. The first-order valence-electron chi connectivity index (χ1n) is 10.9. The van der Waals surface area contributed by atoms with E-state index in [9.17, 15) is 0 Å². The van der Waals surface area contributed by atoms with Crippen LogP contribution in [0.3, 0.4) is 0 Å². The Balaban J connectivity index is 1.72. The van der Waals surface area contributed by atoms with Gasteiger partial charge in [0.2, 0.25) is 0 Å². The molecule has 1 aliphatic carbocycles. The van der Waals surface area contributed by atoms with E-state index in [1.807, 2.05) is 22.7 Å². The summed E-state index contributed by atoms with van der Waals surface area (Å²) in [5.41, 5.74) is 7.25. The van der Waals surface area contributed by atoms with E-state index < -0.39 is 0 Å². The van der Waals surface area contributed by atoms with E-state index >= 15 is 0 Å². The van der Waals surface area contributed by atoms with Gasteiger partial charge in [0.1, 0.15) is 0 Å². The van der Waals surface area contributed by atoms with Gasteiger partial charge in [0.15, 0.2) is 0 Å². The molecule has 0 amide bonds. The number of thiophene rings is 2. The van der Waals surface area contributed by atoms with E-state index in [1.165, 1.54) is 46.6 Å². The number of hydrogen-bond acceptors (Lipinski definition) is 2. The Labute approximate surface area is 198 Å². The maximum atomic E-state index is 3.57. The first kappa shape index (κ1) is 20.8. The average molecular weight is 449 g/mol. The lowest BCUT2D eigenvalue weighted by Gasteiger charge is -2.06. The van der Waals surface area contributed by atoms with Gasteiger partial charge >= 0.3 is 0 Å². The Morgan fingerprint density at radius 1 is 0.656 bits per heavy atom. The molecule has 2 aromatic heterocycles. The molecule has 32 heavy (non-hydrogen) atoms. The number of allylic oxidation sites excluding steroid dienone is 4. The SMILES string of the molecule is CC1=CC=C(C#Cc2c3cc(C)sc3c(C#Cc3ccc(C)cc3)c3cc(C)sc23)CC1. The number of fused-ring (bicyclic) bond motifs is 2.